The molecule has 1 aliphatic heterocycles. The van der Waals surface area contributed by atoms with Gasteiger partial charge in [0.25, 0.3) is 0 Å². The molecule has 0 unspecified atom stereocenters. The van der Waals surface area contributed by atoms with Gasteiger partial charge in [0.1, 0.15) is 0 Å². The van der Waals surface area contributed by atoms with Crippen molar-refractivity contribution in [3.05, 3.63) is 35.5 Å². The van der Waals surface area contributed by atoms with E-state index < -0.39 is 0 Å². The lowest BCUT2D eigenvalue weighted by Gasteiger charge is -2.36. The molecule has 0 atom stereocenters. The van der Waals surface area contributed by atoms with E-state index in [4.69, 9.17) is 5.73 Å². The monoisotopic (exact) mass is 271 g/mol. The Bertz CT molecular complexity index is 587. The molecule has 0 radical (unpaired) electrons. The van der Waals surface area contributed by atoms with Crippen LogP contribution in [-0.4, -0.2) is 23.0 Å². The lowest BCUT2D eigenvalue weighted by Crippen LogP contribution is -2.36. The zero-order valence-electron chi connectivity index (χ0n) is 12.6. The van der Waals surface area contributed by atoms with E-state index >= 15 is 0 Å². The standard InChI is InChI=1S/C17H25N3/c1-17(2)5-7-20(8-6-17)12-15-10-14-4-3-13(11-18)9-16(14)19-15/h3-4,9-10,19H,5-8,11-12,18H2,1-2H3. The molecule has 1 aliphatic rings. The molecule has 20 heavy (non-hydrogen) atoms. The van der Waals surface area contributed by atoms with Crippen molar-refractivity contribution in [1.29, 1.82) is 0 Å². The fourth-order valence-corrected chi connectivity index (χ4v) is 3.00. The van der Waals surface area contributed by atoms with Crippen LogP contribution in [0.5, 0.6) is 0 Å². The van der Waals surface area contributed by atoms with E-state index in [9.17, 15) is 0 Å². The zero-order valence-corrected chi connectivity index (χ0v) is 12.6. The van der Waals surface area contributed by atoms with Crippen molar-refractivity contribution in [2.75, 3.05) is 13.1 Å². The third-order valence-corrected chi connectivity index (χ3v) is 4.58. The first kappa shape index (κ1) is 13.7. The highest BCUT2D eigenvalue weighted by atomic mass is 15.1. The Labute approximate surface area is 121 Å². The molecule has 0 amide bonds. The molecule has 3 heteroatoms. The number of nitrogens with two attached hydrogens (primary N) is 1. The summed E-state index contributed by atoms with van der Waals surface area (Å²) in [6.07, 6.45) is 2.59. The van der Waals surface area contributed by atoms with E-state index in [1.165, 1.54) is 48.1 Å². The summed E-state index contributed by atoms with van der Waals surface area (Å²) in [7, 11) is 0. The number of piperidine rings is 1. The van der Waals surface area contributed by atoms with Gasteiger partial charge in [-0.15, -0.1) is 0 Å². The predicted octanol–water partition coefficient (Wildman–Crippen LogP) is 3.25. The quantitative estimate of drug-likeness (QED) is 0.900. The van der Waals surface area contributed by atoms with Crippen LogP contribution in [-0.2, 0) is 13.1 Å². The van der Waals surface area contributed by atoms with Crippen LogP contribution in [0.2, 0.25) is 0 Å². The summed E-state index contributed by atoms with van der Waals surface area (Å²) in [5, 5.41) is 1.29. The number of hydrogen-bond donors (Lipinski definition) is 2. The molecule has 0 bridgehead atoms. The Balaban J connectivity index is 1.72. The summed E-state index contributed by atoms with van der Waals surface area (Å²) in [5.74, 6) is 0. The minimum absolute atomic E-state index is 0.521. The van der Waals surface area contributed by atoms with Crippen LogP contribution in [0.3, 0.4) is 0 Å². The highest BCUT2D eigenvalue weighted by Crippen LogP contribution is 2.30. The van der Waals surface area contributed by atoms with Gasteiger partial charge < -0.3 is 10.7 Å². The van der Waals surface area contributed by atoms with Gasteiger partial charge in [0, 0.05) is 24.3 Å². The summed E-state index contributed by atoms with van der Waals surface area (Å²) in [6, 6.07) is 8.72. The molecular formula is C17H25N3. The van der Waals surface area contributed by atoms with Crippen LogP contribution in [0.25, 0.3) is 10.9 Å². The topological polar surface area (TPSA) is 45.0 Å². The second-order valence-electron chi connectivity index (χ2n) is 6.86. The van der Waals surface area contributed by atoms with Gasteiger partial charge in [0.2, 0.25) is 0 Å². The summed E-state index contributed by atoms with van der Waals surface area (Å²) < 4.78 is 0. The Morgan fingerprint density at radius 3 is 2.65 bits per heavy atom. The zero-order chi connectivity index (χ0) is 14.2. The maximum Gasteiger partial charge on any atom is 0.0459 e. The van der Waals surface area contributed by atoms with Gasteiger partial charge in [0.05, 0.1) is 0 Å². The van der Waals surface area contributed by atoms with Crippen molar-refractivity contribution >= 4 is 10.9 Å². The molecule has 0 saturated carbocycles. The number of hydrogen-bond acceptors (Lipinski definition) is 2. The van der Waals surface area contributed by atoms with E-state index in [-0.39, 0.29) is 0 Å². The van der Waals surface area contributed by atoms with Gasteiger partial charge in [0.15, 0.2) is 0 Å². The number of nitrogens with zero attached hydrogens (tertiary/aromatic N) is 1. The molecule has 1 saturated heterocycles. The number of benzene rings is 1. The van der Waals surface area contributed by atoms with Crippen LogP contribution in [0.4, 0.5) is 0 Å². The molecule has 108 valence electrons. The minimum Gasteiger partial charge on any atom is -0.357 e. The fourth-order valence-electron chi connectivity index (χ4n) is 3.00. The minimum atomic E-state index is 0.521. The van der Waals surface area contributed by atoms with Gasteiger partial charge >= 0.3 is 0 Å². The SMILES string of the molecule is CC1(C)CCN(Cc2cc3ccc(CN)cc3[nH]2)CC1. The van der Waals surface area contributed by atoms with Crippen LogP contribution in [0.1, 0.15) is 37.9 Å². The van der Waals surface area contributed by atoms with E-state index in [1.807, 2.05) is 0 Å². The third kappa shape index (κ3) is 2.89. The number of likely N-dealkylation sites (tertiary alicyclic amines) is 1. The van der Waals surface area contributed by atoms with Crippen LogP contribution in [0.15, 0.2) is 24.3 Å². The Hall–Kier alpha value is -1.32. The summed E-state index contributed by atoms with van der Waals surface area (Å²) in [4.78, 5) is 6.10. The van der Waals surface area contributed by atoms with Gasteiger partial charge in [-0.2, -0.15) is 0 Å². The first-order valence-electron chi connectivity index (χ1n) is 7.59. The number of rotatable bonds is 3. The molecule has 3 N–H and O–H groups in total. The maximum atomic E-state index is 5.70. The first-order chi connectivity index (χ1) is 9.55. The van der Waals surface area contributed by atoms with Crippen molar-refractivity contribution in [3.8, 4) is 0 Å². The smallest absolute Gasteiger partial charge is 0.0459 e. The summed E-state index contributed by atoms with van der Waals surface area (Å²) in [6.45, 7) is 8.80. The lowest BCUT2D eigenvalue weighted by atomic mass is 9.83. The number of H-pyrrole nitrogens is 1. The van der Waals surface area contributed by atoms with Gasteiger partial charge in [-0.3, -0.25) is 4.90 Å². The molecular weight excluding hydrogens is 246 g/mol. The molecule has 0 spiro atoms. The van der Waals surface area contributed by atoms with E-state index in [0.717, 1.165) is 6.54 Å². The maximum absolute atomic E-state index is 5.70. The van der Waals surface area contributed by atoms with Crippen molar-refractivity contribution < 1.29 is 0 Å². The van der Waals surface area contributed by atoms with Crippen molar-refractivity contribution in [2.24, 2.45) is 11.1 Å². The molecule has 0 aliphatic carbocycles. The average molecular weight is 271 g/mol. The molecule has 1 aromatic heterocycles. The highest BCUT2D eigenvalue weighted by molar-refractivity contribution is 5.81. The number of fused-ring (bicyclic) bond motifs is 1. The van der Waals surface area contributed by atoms with E-state index in [0.29, 0.717) is 12.0 Å². The van der Waals surface area contributed by atoms with Gasteiger partial charge in [-0.05, 0) is 54.4 Å². The highest BCUT2D eigenvalue weighted by Gasteiger charge is 2.25. The fraction of sp³-hybridized carbons (Fsp3) is 0.529. The predicted molar refractivity (Wildman–Crippen MR) is 84.5 cm³/mol. The Morgan fingerprint density at radius 1 is 1.20 bits per heavy atom. The van der Waals surface area contributed by atoms with Crippen molar-refractivity contribution in [2.45, 2.75) is 39.8 Å². The first-order valence-corrected chi connectivity index (χ1v) is 7.59. The van der Waals surface area contributed by atoms with Crippen LogP contribution < -0.4 is 5.73 Å². The molecule has 3 rings (SSSR count). The largest absolute Gasteiger partial charge is 0.357 e. The van der Waals surface area contributed by atoms with Gasteiger partial charge in [-0.1, -0.05) is 26.0 Å². The van der Waals surface area contributed by atoms with E-state index in [1.54, 1.807) is 0 Å². The lowest BCUT2D eigenvalue weighted by molar-refractivity contribution is 0.126. The second kappa shape index (κ2) is 5.23. The van der Waals surface area contributed by atoms with Crippen molar-refractivity contribution in [3.63, 3.8) is 0 Å². The molecule has 1 aromatic carbocycles. The summed E-state index contributed by atoms with van der Waals surface area (Å²) in [5.41, 5.74) is 9.93. The number of aromatic amines is 1. The van der Waals surface area contributed by atoms with Gasteiger partial charge in [-0.25, -0.2) is 0 Å². The van der Waals surface area contributed by atoms with Crippen LogP contribution >= 0.6 is 0 Å². The normalized spacial score (nSPS) is 19.6. The molecule has 3 nitrogen and oxygen atoms in total. The third-order valence-electron chi connectivity index (χ3n) is 4.58. The Morgan fingerprint density at radius 2 is 1.95 bits per heavy atom. The Kier molecular flexibility index (Phi) is 3.57. The molecule has 2 heterocycles. The number of aromatic nitrogens is 1. The number of nitrogens with one attached hydrogen (secondary N) is 1. The van der Waals surface area contributed by atoms with E-state index in [2.05, 4.69) is 48.0 Å². The molecule has 1 fully saturated rings. The average Bonchev–Trinajstić information content (AvgIpc) is 2.82. The second-order valence-corrected chi connectivity index (χ2v) is 6.86. The summed E-state index contributed by atoms with van der Waals surface area (Å²) >= 11 is 0. The van der Waals surface area contributed by atoms with Crippen molar-refractivity contribution in [1.82, 2.24) is 9.88 Å². The van der Waals surface area contributed by atoms with Crippen LogP contribution in [0, 0.1) is 5.41 Å². The molecule has 2 aromatic rings.